The molecule has 8 heteroatoms. The molecule has 1 aromatic carbocycles. The normalized spacial score (nSPS) is 16.1. The summed E-state index contributed by atoms with van der Waals surface area (Å²) in [6, 6.07) is 6.09. The van der Waals surface area contributed by atoms with Crippen molar-refractivity contribution in [2.75, 3.05) is 52.5 Å². The summed E-state index contributed by atoms with van der Waals surface area (Å²) >= 11 is 0. The number of likely N-dealkylation sites (N-methyl/N-ethyl adjacent to an activating group) is 1. The Hall–Kier alpha value is -1.48. The van der Waals surface area contributed by atoms with Crippen LogP contribution in [0.4, 0.5) is 0 Å². The SMILES string of the molecule is CCN(CC)CCNC(=O)c1ccc(S(=O)(=O)N2CCOCC2)cc1. The number of hydrogen-bond donors (Lipinski definition) is 1. The first-order chi connectivity index (χ1) is 12.0. The molecule has 140 valence electrons. The number of carbonyl (C=O) groups excluding carboxylic acids is 1. The Morgan fingerprint density at radius 1 is 1.16 bits per heavy atom. The molecule has 0 atom stereocenters. The maximum atomic E-state index is 12.5. The molecule has 0 aliphatic carbocycles. The third kappa shape index (κ3) is 5.24. The summed E-state index contributed by atoms with van der Waals surface area (Å²) in [5, 5.41) is 2.86. The zero-order valence-electron chi connectivity index (χ0n) is 14.9. The summed E-state index contributed by atoms with van der Waals surface area (Å²) in [6.07, 6.45) is 0. The minimum Gasteiger partial charge on any atom is -0.379 e. The Kier molecular flexibility index (Phi) is 7.37. The van der Waals surface area contributed by atoms with Gasteiger partial charge in [0, 0.05) is 31.7 Å². The molecule has 1 aliphatic heterocycles. The first-order valence-corrected chi connectivity index (χ1v) is 10.1. The molecule has 25 heavy (non-hydrogen) atoms. The third-order valence-corrected chi connectivity index (χ3v) is 6.25. The first kappa shape index (κ1) is 19.8. The van der Waals surface area contributed by atoms with Gasteiger partial charge in [-0.05, 0) is 37.4 Å². The maximum absolute atomic E-state index is 12.5. The second kappa shape index (κ2) is 9.28. The number of morpholine rings is 1. The predicted molar refractivity (Wildman–Crippen MR) is 96.1 cm³/mol. The minimum absolute atomic E-state index is 0.192. The topological polar surface area (TPSA) is 79.0 Å². The molecule has 1 fully saturated rings. The van der Waals surface area contributed by atoms with Gasteiger partial charge in [0.25, 0.3) is 5.91 Å². The van der Waals surface area contributed by atoms with Crippen LogP contribution in [0.2, 0.25) is 0 Å². The average molecular weight is 369 g/mol. The molecule has 1 N–H and O–H groups in total. The second-order valence-electron chi connectivity index (χ2n) is 5.82. The summed E-state index contributed by atoms with van der Waals surface area (Å²) in [4.78, 5) is 14.6. The van der Waals surface area contributed by atoms with Crippen LogP contribution < -0.4 is 5.32 Å². The molecule has 0 bridgehead atoms. The number of nitrogens with zero attached hydrogens (tertiary/aromatic N) is 2. The third-order valence-electron chi connectivity index (χ3n) is 4.33. The van der Waals surface area contributed by atoms with Crippen LogP contribution in [0.25, 0.3) is 0 Å². The molecule has 1 amide bonds. The standard InChI is InChI=1S/C17H27N3O4S/c1-3-19(4-2)10-9-18-17(21)15-5-7-16(8-6-15)25(22,23)20-11-13-24-14-12-20/h5-8H,3-4,9-14H2,1-2H3,(H,18,21). The summed E-state index contributed by atoms with van der Waals surface area (Å²) in [7, 11) is -3.52. The van der Waals surface area contributed by atoms with Crippen LogP contribution in [0.15, 0.2) is 29.2 Å². The lowest BCUT2D eigenvalue weighted by Crippen LogP contribution is -2.40. The van der Waals surface area contributed by atoms with E-state index in [0.717, 1.165) is 19.6 Å². The van der Waals surface area contributed by atoms with Crippen LogP contribution in [0.1, 0.15) is 24.2 Å². The largest absolute Gasteiger partial charge is 0.379 e. The molecular weight excluding hydrogens is 342 g/mol. The van der Waals surface area contributed by atoms with Gasteiger partial charge in [0.2, 0.25) is 10.0 Å². The fourth-order valence-electron chi connectivity index (χ4n) is 2.68. The van der Waals surface area contributed by atoms with Crippen molar-refractivity contribution in [2.45, 2.75) is 18.7 Å². The van der Waals surface area contributed by atoms with Crippen molar-refractivity contribution in [3.63, 3.8) is 0 Å². The molecule has 0 aromatic heterocycles. The molecule has 0 spiro atoms. The van der Waals surface area contributed by atoms with Gasteiger partial charge in [0.15, 0.2) is 0 Å². The Bertz CT molecular complexity index is 651. The van der Waals surface area contributed by atoms with E-state index in [4.69, 9.17) is 4.74 Å². The highest BCUT2D eigenvalue weighted by molar-refractivity contribution is 7.89. The van der Waals surface area contributed by atoms with E-state index in [0.29, 0.717) is 38.4 Å². The number of rotatable bonds is 8. The fourth-order valence-corrected chi connectivity index (χ4v) is 4.09. The molecule has 0 unspecified atom stereocenters. The number of carbonyl (C=O) groups is 1. The van der Waals surface area contributed by atoms with Crippen LogP contribution in [-0.2, 0) is 14.8 Å². The highest BCUT2D eigenvalue weighted by atomic mass is 32.2. The predicted octanol–water partition coefficient (Wildman–Crippen LogP) is 0.779. The zero-order valence-corrected chi connectivity index (χ0v) is 15.7. The lowest BCUT2D eigenvalue weighted by Gasteiger charge is -2.26. The highest BCUT2D eigenvalue weighted by Crippen LogP contribution is 2.17. The van der Waals surface area contributed by atoms with Gasteiger partial charge in [0.05, 0.1) is 18.1 Å². The smallest absolute Gasteiger partial charge is 0.251 e. The molecule has 0 radical (unpaired) electrons. The van der Waals surface area contributed by atoms with Crippen molar-refractivity contribution in [3.05, 3.63) is 29.8 Å². The zero-order chi connectivity index (χ0) is 18.3. The van der Waals surface area contributed by atoms with E-state index in [9.17, 15) is 13.2 Å². The summed E-state index contributed by atoms with van der Waals surface area (Å²) in [5.74, 6) is -0.192. The van der Waals surface area contributed by atoms with Crippen molar-refractivity contribution in [1.82, 2.24) is 14.5 Å². The maximum Gasteiger partial charge on any atom is 0.251 e. The van der Waals surface area contributed by atoms with Gasteiger partial charge in [-0.15, -0.1) is 0 Å². The number of hydrogen-bond acceptors (Lipinski definition) is 5. The number of ether oxygens (including phenoxy) is 1. The van der Waals surface area contributed by atoms with E-state index >= 15 is 0 Å². The first-order valence-electron chi connectivity index (χ1n) is 8.67. The number of nitrogens with one attached hydrogen (secondary N) is 1. The molecule has 1 aliphatic rings. The Morgan fingerprint density at radius 2 is 1.76 bits per heavy atom. The van der Waals surface area contributed by atoms with E-state index in [-0.39, 0.29) is 10.8 Å². The summed E-state index contributed by atoms with van der Waals surface area (Å²) in [6.45, 7) is 8.94. The van der Waals surface area contributed by atoms with Gasteiger partial charge in [0.1, 0.15) is 0 Å². The van der Waals surface area contributed by atoms with E-state index in [1.807, 2.05) is 0 Å². The number of sulfonamides is 1. The Labute approximate surface area is 150 Å². The van der Waals surface area contributed by atoms with Gasteiger partial charge >= 0.3 is 0 Å². The van der Waals surface area contributed by atoms with Crippen LogP contribution in [0.5, 0.6) is 0 Å². The van der Waals surface area contributed by atoms with Crippen molar-refractivity contribution in [1.29, 1.82) is 0 Å². The summed E-state index contributed by atoms with van der Waals surface area (Å²) < 4.78 is 31.7. The molecule has 0 saturated carbocycles. The molecular formula is C17H27N3O4S. The van der Waals surface area contributed by atoms with E-state index in [1.54, 1.807) is 12.1 Å². The van der Waals surface area contributed by atoms with Gasteiger partial charge in [-0.2, -0.15) is 4.31 Å². The fraction of sp³-hybridized carbons (Fsp3) is 0.588. The minimum atomic E-state index is -3.52. The van der Waals surface area contributed by atoms with Crippen molar-refractivity contribution < 1.29 is 17.9 Å². The Morgan fingerprint density at radius 3 is 2.32 bits per heavy atom. The van der Waals surface area contributed by atoms with Gasteiger partial charge in [-0.3, -0.25) is 4.79 Å². The van der Waals surface area contributed by atoms with E-state index < -0.39 is 10.0 Å². The number of benzene rings is 1. The van der Waals surface area contributed by atoms with E-state index in [1.165, 1.54) is 16.4 Å². The quantitative estimate of drug-likeness (QED) is 0.733. The molecule has 2 rings (SSSR count). The molecule has 1 aromatic rings. The van der Waals surface area contributed by atoms with Crippen LogP contribution in [0.3, 0.4) is 0 Å². The van der Waals surface area contributed by atoms with Crippen molar-refractivity contribution >= 4 is 15.9 Å². The van der Waals surface area contributed by atoms with Gasteiger partial charge < -0.3 is 15.0 Å². The molecule has 7 nitrogen and oxygen atoms in total. The highest BCUT2D eigenvalue weighted by Gasteiger charge is 2.26. The van der Waals surface area contributed by atoms with Crippen molar-refractivity contribution in [2.24, 2.45) is 0 Å². The van der Waals surface area contributed by atoms with Crippen LogP contribution >= 0.6 is 0 Å². The van der Waals surface area contributed by atoms with Crippen LogP contribution in [-0.4, -0.2) is 76.0 Å². The second-order valence-corrected chi connectivity index (χ2v) is 7.76. The Balaban J connectivity index is 1.95. The van der Waals surface area contributed by atoms with Crippen molar-refractivity contribution in [3.8, 4) is 0 Å². The van der Waals surface area contributed by atoms with E-state index in [2.05, 4.69) is 24.1 Å². The van der Waals surface area contributed by atoms with Gasteiger partial charge in [-0.1, -0.05) is 13.8 Å². The average Bonchev–Trinajstić information content (AvgIpc) is 2.66. The lowest BCUT2D eigenvalue weighted by atomic mass is 10.2. The van der Waals surface area contributed by atoms with Crippen LogP contribution in [0, 0.1) is 0 Å². The lowest BCUT2D eigenvalue weighted by molar-refractivity contribution is 0.0730. The van der Waals surface area contributed by atoms with Gasteiger partial charge in [-0.25, -0.2) is 8.42 Å². The molecule has 1 saturated heterocycles. The molecule has 1 heterocycles. The summed E-state index contributed by atoms with van der Waals surface area (Å²) in [5.41, 5.74) is 0.459. The monoisotopic (exact) mass is 369 g/mol. The number of amides is 1.